The Bertz CT molecular complexity index is 854. The number of aliphatic hydroxyl groups is 1. The molecule has 11 nitrogen and oxygen atoms in total. The van der Waals surface area contributed by atoms with Gasteiger partial charge in [0.15, 0.2) is 29.6 Å². The highest BCUT2D eigenvalue weighted by molar-refractivity contribution is 5.81. The van der Waals surface area contributed by atoms with Crippen molar-refractivity contribution < 1.29 is 28.8 Å². The number of ether oxygens (including phenoxy) is 4. The second-order valence-corrected chi connectivity index (χ2v) is 6.61. The van der Waals surface area contributed by atoms with Crippen molar-refractivity contribution in [1.29, 1.82) is 0 Å². The quantitative estimate of drug-likeness (QED) is 0.674. The minimum Gasteiger partial charge on any atom is -0.467 e. The van der Waals surface area contributed by atoms with Crippen LogP contribution in [0.3, 0.4) is 0 Å². The number of carbonyl (C=O) groups excluding carboxylic acids is 1. The number of hydrogen-bond acceptors (Lipinski definition) is 10. The number of nitrogens with two attached hydrogens (primary N) is 1. The lowest BCUT2D eigenvalue weighted by atomic mass is 10.1. The number of methoxy groups -OCH3 is 1. The summed E-state index contributed by atoms with van der Waals surface area (Å²) in [5.74, 6) is -1.49. The second kappa shape index (κ2) is 5.84. The molecule has 2 saturated heterocycles. The van der Waals surface area contributed by atoms with E-state index in [2.05, 4.69) is 19.7 Å². The van der Waals surface area contributed by atoms with Crippen LogP contribution < -0.4 is 5.73 Å². The number of anilines is 1. The Kier molecular flexibility index (Phi) is 3.84. The lowest BCUT2D eigenvalue weighted by Gasteiger charge is -2.26. The monoisotopic (exact) mass is 365 g/mol. The van der Waals surface area contributed by atoms with Crippen molar-refractivity contribution >= 4 is 23.0 Å². The van der Waals surface area contributed by atoms with Gasteiger partial charge in [-0.15, -0.1) is 0 Å². The van der Waals surface area contributed by atoms with Crippen molar-refractivity contribution in [3.8, 4) is 0 Å². The number of nitrogens with zero attached hydrogens (tertiary/aromatic N) is 4. The number of esters is 1. The Labute approximate surface area is 148 Å². The molecule has 2 aromatic rings. The normalized spacial score (nSPS) is 31.1. The summed E-state index contributed by atoms with van der Waals surface area (Å²) >= 11 is 0. The third kappa shape index (κ3) is 2.51. The highest BCUT2D eigenvalue weighted by Crippen LogP contribution is 2.44. The van der Waals surface area contributed by atoms with Gasteiger partial charge in [-0.1, -0.05) is 0 Å². The predicted molar refractivity (Wildman–Crippen MR) is 85.5 cm³/mol. The van der Waals surface area contributed by atoms with Gasteiger partial charge >= 0.3 is 5.97 Å². The van der Waals surface area contributed by atoms with Crippen LogP contribution in [0.4, 0.5) is 5.82 Å². The zero-order chi connectivity index (χ0) is 18.6. The molecule has 2 aliphatic rings. The number of rotatable bonds is 3. The van der Waals surface area contributed by atoms with Crippen LogP contribution >= 0.6 is 0 Å². The molecular weight excluding hydrogens is 346 g/mol. The average molecular weight is 365 g/mol. The number of aliphatic hydroxyl groups excluding tert-OH is 1. The van der Waals surface area contributed by atoms with Gasteiger partial charge in [0.05, 0.1) is 13.4 Å². The van der Waals surface area contributed by atoms with Crippen molar-refractivity contribution in [1.82, 2.24) is 19.5 Å². The Morgan fingerprint density at radius 2 is 2.08 bits per heavy atom. The van der Waals surface area contributed by atoms with E-state index in [-0.39, 0.29) is 5.82 Å². The third-order valence-corrected chi connectivity index (χ3v) is 4.48. The first-order valence-electron chi connectivity index (χ1n) is 8.02. The summed E-state index contributed by atoms with van der Waals surface area (Å²) in [6.07, 6.45) is -1.69. The molecule has 2 fully saturated rings. The van der Waals surface area contributed by atoms with Gasteiger partial charge in [-0.05, 0) is 13.8 Å². The molecule has 2 aromatic heterocycles. The fourth-order valence-corrected chi connectivity index (χ4v) is 3.40. The van der Waals surface area contributed by atoms with Crippen molar-refractivity contribution in [2.45, 2.75) is 50.3 Å². The molecule has 1 unspecified atom stereocenters. The van der Waals surface area contributed by atoms with Gasteiger partial charge in [-0.2, -0.15) is 0 Å². The van der Waals surface area contributed by atoms with Gasteiger partial charge in [0.2, 0.25) is 0 Å². The molecule has 4 rings (SSSR count). The van der Waals surface area contributed by atoms with Gasteiger partial charge in [0.1, 0.15) is 30.2 Å². The molecule has 4 heterocycles. The first-order valence-corrected chi connectivity index (χ1v) is 8.02. The average Bonchev–Trinajstić information content (AvgIpc) is 3.24. The highest BCUT2D eigenvalue weighted by Gasteiger charge is 2.59. The van der Waals surface area contributed by atoms with E-state index < -0.39 is 42.4 Å². The number of imidazole rings is 1. The Hall–Kier alpha value is -2.34. The first kappa shape index (κ1) is 17.1. The third-order valence-electron chi connectivity index (χ3n) is 4.48. The summed E-state index contributed by atoms with van der Waals surface area (Å²) in [4.78, 5) is 24.1. The lowest BCUT2D eigenvalue weighted by Crippen LogP contribution is -2.43. The summed E-state index contributed by atoms with van der Waals surface area (Å²) in [5.41, 5.74) is 6.69. The van der Waals surface area contributed by atoms with Gasteiger partial charge < -0.3 is 29.8 Å². The van der Waals surface area contributed by atoms with Crippen LogP contribution in [0, 0.1) is 0 Å². The fraction of sp³-hybridized carbons (Fsp3) is 0.600. The lowest BCUT2D eigenvalue weighted by molar-refractivity contribution is -0.210. The molecular formula is C15H19N5O6. The zero-order valence-electron chi connectivity index (χ0n) is 14.4. The van der Waals surface area contributed by atoms with Crippen LogP contribution in [-0.2, 0) is 23.7 Å². The molecule has 5 atom stereocenters. The van der Waals surface area contributed by atoms with E-state index in [9.17, 15) is 9.90 Å². The highest BCUT2D eigenvalue weighted by atomic mass is 16.8. The van der Waals surface area contributed by atoms with E-state index in [0.717, 1.165) is 0 Å². The molecule has 26 heavy (non-hydrogen) atoms. The minimum absolute atomic E-state index is 0.235. The van der Waals surface area contributed by atoms with E-state index >= 15 is 0 Å². The van der Waals surface area contributed by atoms with Crippen LogP contribution in [0.5, 0.6) is 0 Å². The molecule has 0 bridgehead atoms. The number of carbonyl (C=O) groups is 1. The van der Waals surface area contributed by atoms with E-state index in [1.807, 2.05) is 0 Å². The molecule has 11 heteroatoms. The van der Waals surface area contributed by atoms with Crippen LogP contribution in [0.1, 0.15) is 20.1 Å². The summed E-state index contributed by atoms with van der Waals surface area (Å²) in [7, 11) is 1.19. The number of hydrogen-bond donors (Lipinski definition) is 2. The summed E-state index contributed by atoms with van der Waals surface area (Å²) < 4.78 is 24.0. The van der Waals surface area contributed by atoms with E-state index in [0.29, 0.717) is 11.2 Å². The smallest absolute Gasteiger partial charge is 0.337 e. The Morgan fingerprint density at radius 3 is 2.81 bits per heavy atom. The zero-order valence-corrected chi connectivity index (χ0v) is 14.4. The van der Waals surface area contributed by atoms with Gasteiger partial charge in [0, 0.05) is 0 Å². The molecule has 0 radical (unpaired) electrons. The summed E-state index contributed by atoms with van der Waals surface area (Å²) in [5, 5.41) is 10.3. The predicted octanol–water partition coefficient (Wildman–Crippen LogP) is -0.640. The van der Waals surface area contributed by atoms with Crippen molar-refractivity contribution in [3.05, 3.63) is 12.7 Å². The molecule has 0 spiro atoms. The standard InChI is InChI=1S/C15H19N5O6/c1-15(2)25-9-8(7(21)14(22)23-3)24-13(10(9)26-15)20-5-19-6-11(16)17-4-18-12(6)20/h4-5,7-10,13,21H,1-3H3,(H2,16,17,18)/t7?,8-,9-,10-,13-/m1/s1. The number of aromatic nitrogens is 4. The minimum atomic E-state index is -1.52. The van der Waals surface area contributed by atoms with Gasteiger partial charge in [0.25, 0.3) is 0 Å². The van der Waals surface area contributed by atoms with Crippen molar-refractivity contribution in [2.24, 2.45) is 0 Å². The largest absolute Gasteiger partial charge is 0.467 e. The molecule has 0 aromatic carbocycles. The van der Waals surface area contributed by atoms with Crippen LogP contribution in [0.15, 0.2) is 12.7 Å². The molecule has 0 aliphatic carbocycles. The van der Waals surface area contributed by atoms with Crippen molar-refractivity contribution in [3.63, 3.8) is 0 Å². The Balaban J connectivity index is 1.74. The maximum atomic E-state index is 11.8. The molecule has 0 saturated carbocycles. The summed E-state index contributed by atoms with van der Waals surface area (Å²) in [6.45, 7) is 3.49. The fourth-order valence-electron chi connectivity index (χ4n) is 3.40. The van der Waals surface area contributed by atoms with Crippen LogP contribution in [0.2, 0.25) is 0 Å². The Morgan fingerprint density at radius 1 is 1.35 bits per heavy atom. The van der Waals surface area contributed by atoms with Gasteiger partial charge in [-0.3, -0.25) is 4.57 Å². The summed E-state index contributed by atoms with van der Waals surface area (Å²) in [6, 6.07) is 0. The SMILES string of the molecule is COC(=O)C(O)[C@H]1O[C@@H](n2cnc3c(N)ncnc32)[C@@H]2OC(C)(C)O[C@@H]21. The molecule has 3 N–H and O–H groups in total. The van der Waals surface area contributed by atoms with Crippen LogP contribution in [-0.4, -0.2) is 67.9 Å². The number of fused-ring (bicyclic) bond motifs is 2. The first-order chi connectivity index (χ1) is 12.3. The number of nitrogen functional groups attached to an aromatic ring is 1. The van der Waals surface area contributed by atoms with Crippen molar-refractivity contribution in [2.75, 3.05) is 12.8 Å². The van der Waals surface area contributed by atoms with Gasteiger partial charge in [-0.25, -0.2) is 19.7 Å². The van der Waals surface area contributed by atoms with E-state index in [1.165, 1.54) is 19.8 Å². The van der Waals surface area contributed by atoms with Crippen LogP contribution in [0.25, 0.3) is 11.2 Å². The topological polar surface area (TPSA) is 144 Å². The van der Waals surface area contributed by atoms with E-state index in [1.54, 1.807) is 18.4 Å². The molecule has 0 amide bonds. The molecule has 140 valence electrons. The second-order valence-electron chi connectivity index (χ2n) is 6.61. The maximum absolute atomic E-state index is 11.8. The van der Waals surface area contributed by atoms with E-state index in [4.69, 9.17) is 19.9 Å². The molecule has 2 aliphatic heterocycles. The maximum Gasteiger partial charge on any atom is 0.337 e.